The maximum Gasteiger partial charge on any atom is 0.162 e. The Labute approximate surface area is 109 Å². The summed E-state index contributed by atoms with van der Waals surface area (Å²) in [7, 11) is 0. The van der Waals surface area contributed by atoms with Crippen molar-refractivity contribution in [3.05, 3.63) is 35.4 Å². The minimum Gasteiger partial charge on any atom is -0.379 e. The van der Waals surface area contributed by atoms with E-state index in [-0.39, 0.29) is 5.78 Å². The fourth-order valence-electron chi connectivity index (χ4n) is 2.25. The highest BCUT2D eigenvalue weighted by Gasteiger charge is 2.11. The van der Waals surface area contributed by atoms with Gasteiger partial charge in [-0.3, -0.25) is 9.69 Å². The molecule has 0 radical (unpaired) electrons. The van der Waals surface area contributed by atoms with Gasteiger partial charge in [-0.05, 0) is 26.0 Å². The summed E-state index contributed by atoms with van der Waals surface area (Å²) in [5, 5.41) is 0. The first kappa shape index (κ1) is 13.2. The standard InChI is InChI=1S/C15H21NO2/c1-13-4-2-5-14(12-13)15(17)6-3-7-16-8-10-18-11-9-16/h2,4-5,12H,3,6-11H2,1H3. The van der Waals surface area contributed by atoms with Crippen LogP contribution in [0.4, 0.5) is 0 Å². The molecule has 0 N–H and O–H groups in total. The molecule has 2 rings (SSSR count). The van der Waals surface area contributed by atoms with Gasteiger partial charge in [0.05, 0.1) is 13.2 Å². The number of ketones is 1. The number of nitrogens with zero attached hydrogens (tertiary/aromatic N) is 1. The summed E-state index contributed by atoms with van der Waals surface area (Å²) in [4.78, 5) is 14.4. The molecule has 0 aliphatic carbocycles. The highest BCUT2D eigenvalue weighted by atomic mass is 16.5. The molecule has 0 atom stereocenters. The van der Waals surface area contributed by atoms with Crippen LogP contribution in [-0.2, 0) is 4.74 Å². The molecule has 3 nitrogen and oxygen atoms in total. The Hall–Kier alpha value is -1.19. The summed E-state index contributed by atoms with van der Waals surface area (Å²) in [5.74, 6) is 0.256. The Morgan fingerprint density at radius 2 is 2.11 bits per heavy atom. The molecule has 1 fully saturated rings. The largest absolute Gasteiger partial charge is 0.379 e. The molecule has 1 aromatic carbocycles. The van der Waals surface area contributed by atoms with E-state index in [1.165, 1.54) is 0 Å². The minimum absolute atomic E-state index is 0.256. The first-order chi connectivity index (χ1) is 8.75. The molecule has 1 aromatic rings. The molecular formula is C15H21NO2. The number of hydrogen-bond acceptors (Lipinski definition) is 3. The second-order valence-electron chi connectivity index (χ2n) is 4.85. The zero-order valence-electron chi connectivity index (χ0n) is 11.0. The molecule has 1 aliphatic heterocycles. The smallest absolute Gasteiger partial charge is 0.162 e. The molecule has 0 spiro atoms. The lowest BCUT2D eigenvalue weighted by molar-refractivity contribution is 0.0371. The van der Waals surface area contributed by atoms with Gasteiger partial charge in [0, 0.05) is 25.1 Å². The van der Waals surface area contributed by atoms with Gasteiger partial charge in [0.2, 0.25) is 0 Å². The Balaban J connectivity index is 1.74. The number of benzene rings is 1. The molecule has 1 heterocycles. The van der Waals surface area contributed by atoms with E-state index in [2.05, 4.69) is 4.90 Å². The number of morpholine rings is 1. The monoisotopic (exact) mass is 247 g/mol. The third-order valence-electron chi connectivity index (χ3n) is 3.32. The zero-order chi connectivity index (χ0) is 12.8. The van der Waals surface area contributed by atoms with E-state index < -0.39 is 0 Å². The van der Waals surface area contributed by atoms with Crippen LogP contribution >= 0.6 is 0 Å². The van der Waals surface area contributed by atoms with E-state index >= 15 is 0 Å². The molecule has 0 saturated carbocycles. The number of aryl methyl sites for hydroxylation is 1. The van der Waals surface area contributed by atoms with Crippen molar-refractivity contribution in [1.82, 2.24) is 4.90 Å². The highest BCUT2D eigenvalue weighted by molar-refractivity contribution is 5.96. The fourth-order valence-corrected chi connectivity index (χ4v) is 2.25. The van der Waals surface area contributed by atoms with E-state index in [9.17, 15) is 4.79 Å². The van der Waals surface area contributed by atoms with Crippen molar-refractivity contribution in [2.24, 2.45) is 0 Å². The average molecular weight is 247 g/mol. The lowest BCUT2D eigenvalue weighted by Crippen LogP contribution is -2.36. The molecule has 0 unspecified atom stereocenters. The van der Waals surface area contributed by atoms with Gasteiger partial charge in [-0.15, -0.1) is 0 Å². The minimum atomic E-state index is 0.256. The molecule has 0 aromatic heterocycles. The Bertz CT molecular complexity index is 397. The SMILES string of the molecule is Cc1cccc(C(=O)CCCN2CCOCC2)c1. The second kappa shape index (κ2) is 6.66. The molecule has 0 amide bonds. The predicted molar refractivity (Wildman–Crippen MR) is 72.0 cm³/mol. The van der Waals surface area contributed by atoms with Gasteiger partial charge in [-0.2, -0.15) is 0 Å². The molecule has 18 heavy (non-hydrogen) atoms. The zero-order valence-corrected chi connectivity index (χ0v) is 11.0. The summed E-state index contributed by atoms with van der Waals surface area (Å²) in [6.45, 7) is 6.67. The lowest BCUT2D eigenvalue weighted by Gasteiger charge is -2.26. The van der Waals surface area contributed by atoms with Crippen LogP contribution < -0.4 is 0 Å². The summed E-state index contributed by atoms with van der Waals surface area (Å²) < 4.78 is 5.30. The van der Waals surface area contributed by atoms with Crippen molar-refractivity contribution in [3.8, 4) is 0 Å². The number of ether oxygens (including phenoxy) is 1. The lowest BCUT2D eigenvalue weighted by atomic mass is 10.0. The van der Waals surface area contributed by atoms with E-state index in [0.717, 1.165) is 50.4 Å². The maximum atomic E-state index is 12.0. The number of Topliss-reactive ketones (excluding diaryl/α,β-unsaturated/α-hetero) is 1. The Morgan fingerprint density at radius 1 is 1.33 bits per heavy atom. The molecule has 3 heteroatoms. The molecule has 1 saturated heterocycles. The summed E-state index contributed by atoms with van der Waals surface area (Å²) in [6.07, 6.45) is 1.58. The summed E-state index contributed by atoms with van der Waals surface area (Å²) >= 11 is 0. The normalized spacial score (nSPS) is 16.7. The van der Waals surface area contributed by atoms with Crippen LogP contribution in [0.25, 0.3) is 0 Å². The third-order valence-corrected chi connectivity index (χ3v) is 3.32. The van der Waals surface area contributed by atoms with Crippen LogP contribution in [0.3, 0.4) is 0 Å². The molecular weight excluding hydrogens is 226 g/mol. The van der Waals surface area contributed by atoms with Gasteiger partial charge in [-0.1, -0.05) is 23.8 Å². The topological polar surface area (TPSA) is 29.5 Å². The van der Waals surface area contributed by atoms with Gasteiger partial charge < -0.3 is 4.74 Å². The van der Waals surface area contributed by atoms with Crippen LogP contribution in [0.2, 0.25) is 0 Å². The highest BCUT2D eigenvalue weighted by Crippen LogP contribution is 2.09. The quantitative estimate of drug-likeness (QED) is 0.748. The predicted octanol–water partition coefficient (Wildman–Crippen LogP) is 2.29. The fraction of sp³-hybridized carbons (Fsp3) is 0.533. The van der Waals surface area contributed by atoms with Crippen LogP contribution in [0.1, 0.15) is 28.8 Å². The first-order valence-corrected chi connectivity index (χ1v) is 6.66. The van der Waals surface area contributed by atoms with Crippen LogP contribution in [0.15, 0.2) is 24.3 Å². The molecule has 0 bridgehead atoms. The number of carbonyl (C=O) groups is 1. The Kier molecular flexibility index (Phi) is 4.90. The van der Waals surface area contributed by atoms with Crippen molar-refractivity contribution in [3.63, 3.8) is 0 Å². The van der Waals surface area contributed by atoms with E-state index in [1.807, 2.05) is 31.2 Å². The van der Waals surface area contributed by atoms with Crippen LogP contribution in [0.5, 0.6) is 0 Å². The van der Waals surface area contributed by atoms with Crippen LogP contribution in [-0.4, -0.2) is 43.5 Å². The second-order valence-corrected chi connectivity index (χ2v) is 4.85. The first-order valence-electron chi connectivity index (χ1n) is 6.66. The summed E-state index contributed by atoms with van der Waals surface area (Å²) in [6, 6.07) is 7.84. The molecule has 1 aliphatic rings. The molecule has 98 valence electrons. The van der Waals surface area contributed by atoms with Crippen molar-refractivity contribution >= 4 is 5.78 Å². The summed E-state index contributed by atoms with van der Waals surface area (Å²) in [5.41, 5.74) is 1.99. The number of carbonyl (C=O) groups excluding carboxylic acids is 1. The van der Waals surface area contributed by atoms with Gasteiger partial charge in [-0.25, -0.2) is 0 Å². The van der Waals surface area contributed by atoms with Gasteiger partial charge in [0.15, 0.2) is 5.78 Å². The van der Waals surface area contributed by atoms with Gasteiger partial charge >= 0.3 is 0 Å². The van der Waals surface area contributed by atoms with E-state index in [0.29, 0.717) is 6.42 Å². The number of rotatable bonds is 5. The van der Waals surface area contributed by atoms with Crippen LogP contribution in [0, 0.1) is 6.92 Å². The third kappa shape index (κ3) is 3.93. The van der Waals surface area contributed by atoms with Gasteiger partial charge in [0.25, 0.3) is 0 Å². The van der Waals surface area contributed by atoms with Crippen molar-refractivity contribution in [2.75, 3.05) is 32.8 Å². The average Bonchev–Trinajstić information content (AvgIpc) is 2.40. The maximum absolute atomic E-state index is 12.0. The van der Waals surface area contributed by atoms with Crippen molar-refractivity contribution < 1.29 is 9.53 Å². The van der Waals surface area contributed by atoms with E-state index in [4.69, 9.17) is 4.74 Å². The van der Waals surface area contributed by atoms with Crippen molar-refractivity contribution in [2.45, 2.75) is 19.8 Å². The Morgan fingerprint density at radius 3 is 2.83 bits per heavy atom. The van der Waals surface area contributed by atoms with Gasteiger partial charge in [0.1, 0.15) is 0 Å². The van der Waals surface area contributed by atoms with E-state index in [1.54, 1.807) is 0 Å². The number of hydrogen-bond donors (Lipinski definition) is 0. The van der Waals surface area contributed by atoms with Crippen molar-refractivity contribution in [1.29, 1.82) is 0 Å².